The molecular formula is C26H35N5O6S2Si. The fourth-order valence-corrected chi connectivity index (χ4v) is 7.36. The van der Waals surface area contributed by atoms with Gasteiger partial charge in [0.25, 0.3) is 0 Å². The van der Waals surface area contributed by atoms with Crippen molar-refractivity contribution >= 4 is 35.4 Å². The van der Waals surface area contributed by atoms with Gasteiger partial charge in [-0.2, -0.15) is 0 Å². The average Bonchev–Trinajstić information content (AvgIpc) is 3.68. The Bertz CT molecular complexity index is 1520. The smallest absolute Gasteiger partial charge is 0.246 e. The number of anilines is 1. The molecule has 0 saturated carbocycles. The Balaban J connectivity index is 1.98. The van der Waals surface area contributed by atoms with Crippen LogP contribution in [0.15, 0.2) is 45.6 Å². The van der Waals surface area contributed by atoms with Gasteiger partial charge in [-0.1, -0.05) is 25.7 Å². The van der Waals surface area contributed by atoms with Crippen LogP contribution in [-0.4, -0.2) is 67.4 Å². The standard InChI is InChI=1S/C26H35N5O6S2Si/c1-17-11-12-22(37-17)25-28-29-26(31(25)23-20(35-3)9-8-10-21(23)36-4)30(13-14-40(5,6)7)39(33,34)18(2)24(32)19-15-38-16-27-19/h8-12,15-16,18,24,32H,13-14H2,1-7H3/t18-,24-/m0/s1. The van der Waals surface area contributed by atoms with Crippen LogP contribution >= 0.6 is 11.3 Å². The molecule has 4 aromatic rings. The topological polar surface area (TPSA) is 133 Å². The van der Waals surface area contributed by atoms with Crippen molar-refractivity contribution in [2.45, 2.75) is 50.9 Å². The van der Waals surface area contributed by atoms with E-state index in [9.17, 15) is 13.5 Å². The molecule has 216 valence electrons. The molecule has 0 radical (unpaired) electrons. The van der Waals surface area contributed by atoms with Crippen LogP contribution in [0.25, 0.3) is 17.3 Å². The quantitative estimate of drug-likeness (QED) is 0.224. The third-order valence-electron chi connectivity index (χ3n) is 6.50. The number of hydrogen-bond donors (Lipinski definition) is 1. The minimum atomic E-state index is -4.20. The Hall–Kier alpha value is -3.20. The van der Waals surface area contributed by atoms with Crippen molar-refractivity contribution in [1.82, 2.24) is 19.7 Å². The van der Waals surface area contributed by atoms with Gasteiger partial charge in [-0.3, -0.25) is 4.57 Å². The third kappa shape index (κ3) is 5.94. The van der Waals surface area contributed by atoms with E-state index in [2.05, 4.69) is 34.8 Å². The van der Waals surface area contributed by atoms with Gasteiger partial charge in [0.15, 0.2) is 5.76 Å². The first-order valence-electron chi connectivity index (χ1n) is 12.7. The number of aromatic nitrogens is 4. The summed E-state index contributed by atoms with van der Waals surface area (Å²) in [5.41, 5.74) is 2.27. The molecule has 2 atom stereocenters. The zero-order valence-corrected chi connectivity index (χ0v) is 26.3. The van der Waals surface area contributed by atoms with Crippen molar-refractivity contribution in [3.63, 3.8) is 0 Å². The molecule has 0 amide bonds. The van der Waals surface area contributed by atoms with E-state index in [0.29, 0.717) is 40.4 Å². The predicted octanol–water partition coefficient (Wildman–Crippen LogP) is 4.91. The molecular weight excluding hydrogens is 571 g/mol. The second-order valence-electron chi connectivity index (χ2n) is 10.6. The normalized spacial score (nSPS) is 13.7. The van der Waals surface area contributed by atoms with Crippen molar-refractivity contribution in [2.75, 3.05) is 25.1 Å². The maximum atomic E-state index is 14.3. The number of rotatable bonds is 12. The Morgan fingerprint density at radius 1 is 1.12 bits per heavy atom. The van der Waals surface area contributed by atoms with Gasteiger partial charge < -0.3 is 19.0 Å². The number of furan rings is 1. The van der Waals surface area contributed by atoms with E-state index < -0.39 is 29.5 Å². The molecule has 0 bridgehead atoms. The third-order valence-corrected chi connectivity index (χ3v) is 11.0. The Labute approximate surface area is 239 Å². The van der Waals surface area contributed by atoms with Crippen molar-refractivity contribution in [1.29, 1.82) is 0 Å². The Morgan fingerprint density at radius 2 is 1.80 bits per heavy atom. The van der Waals surface area contributed by atoms with Crippen molar-refractivity contribution < 1.29 is 27.4 Å². The number of aliphatic hydroxyl groups excluding tert-OH is 1. The molecule has 0 spiro atoms. The Kier molecular flexibility index (Phi) is 8.73. The van der Waals surface area contributed by atoms with Crippen LogP contribution in [0.4, 0.5) is 5.95 Å². The number of thiazole rings is 1. The number of para-hydroxylation sites is 1. The molecule has 4 rings (SSSR count). The molecule has 0 saturated heterocycles. The largest absolute Gasteiger partial charge is 0.494 e. The van der Waals surface area contributed by atoms with Crippen LogP contribution in [0.1, 0.15) is 24.5 Å². The van der Waals surface area contributed by atoms with E-state index in [1.54, 1.807) is 52.7 Å². The van der Waals surface area contributed by atoms with Crippen molar-refractivity contribution in [3.05, 3.63) is 52.7 Å². The molecule has 1 N–H and O–H groups in total. The van der Waals surface area contributed by atoms with E-state index in [4.69, 9.17) is 13.9 Å². The molecule has 14 heteroatoms. The number of hydrogen-bond acceptors (Lipinski definition) is 10. The number of sulfonamides is 1. The van der Waals surface area contributed by atoms with Crippen LogP contribution in [0.3, 0.4) is 0 Å². The van der Waals surface area contributed by atoms with Gasteiger partial charge in [0.05, 0.1) is 25.4 Å². The lowest BCUT2D eigenvalue weighted by Crippen LogP contribution is -2.44. The lowest BCUT2D eigenvalue weighted by atomic mass is 10.2. The van der Waals surface area contributed by atoms with Crippen LogP contribution in [-0.2, 0) is 10.0 Å². The van der Waals surface area contributed by atoms with E-state index in [1.165, 1.54) is 36.8 Å². The monoisotopic (exact) mass is 605 g/mol. The van der Waals surface area contributed by atoms with Gasteiger partial charge in [-0.05, 0) is 44.2 Å². The van der Waals surface area contributed by atoms with Crippen LogP contribution < -0.4 is 13.8 Å². The SMILES string of the molecule is COc1cccc(OC)c1-n1c(-c2ccc(C)o2)nnc1N(CC[Si](C)(C)C)S(=O)(=O)[C@@H](C)[C@H](O)c1cscn1. The lowest BCUT2D eigenvalue weighted by molar-refractivity contribution is 0.171. The number of methoxy groups -OCH3 is 2. The first-order valence-corrected chi connectivity index (χ1v) is 18.9. The first-order chi connectivity index (χ1) is 18.9. The minimum Gasteiger partial charge on any atom is -0.494 e. The van der Waals surface area contributed by atoms with E-state index in [1.807, 2.05) is 0 Å². The fourth-order valence-electron chi connectivity index (χ4n) is 4.16. The van der Waals surface area contributed by atoms with E-state index in [0.717, 1.165) is 0 Å². The van der Waals surface area contributed by atoms with Gasteiger partial charge in [0, 0.05) is 20.0 Å². The molecule has 0 fully saturated rings. The number of aliphatic hydroxyl groups is 1. The summed E-state index contributed by atoms with van der Waals surface area (Å²) < 4.78 is 48.7. The summed E-state index contributed by atoms with van der Waals surface area (Å²) in [5, 5.41) is 20.2. The summed E-state index contributed by atoms with van der Waals surface area (Å²) >= 11 is 1.29. The van der Waals surface area contributed by atoms with Gasteiger partial charge in [-0.15, -0.1) is 21.5 Å². The minimum absolute atomic E-state index is 0.0300. The summed E-state index contributed by atoms with van der Waals surface area (Å²) in [6, 6.07) is 9.43. The van der Waals surface area contributed by atoms with Gasteiger partial charge in [-0.25, -0.2) is 17.7 Å². The zero-order valence-electron chi connectivity index (χ0n) is 23.7. The van der Waals surface area contributed by atoms with Gasteiger partial charge in [0.1, 0.15) is 34.3 Å². The molecule has 11 nitrogen and oxygen atoms in total. The molecule has 0 unspecified atom stereocenters. The lowest BCUT2D eigenvalue weighted by Gasteiger charge is -2.30. The zero-order chi connectivity index (χ0) is 29.2. The molecule has 3 heterocycles. The molecule has 0 aliphatic heterocycles. The van der Waals surface area contributed by atoms with Gasteiger partial charge in [0.2, 0.25) is 21.8 Å². The van der Waals surface area contributed by atoms with Crippen molar-refractivity contribution in [2.24, 2.45) is 0 Å². The predicted molar refractivity (Wildman–Crippen MR) is 158 cm³/mol. The number of ether oxygens (including phenoxy) is 2. The molecule has 3 aromatic heterocycles. The molecule has 40 heavy (non-hydrogen) atoms. The van der Waals surface area contributed by atoms with Crippen molar-refractivity contribution in [3.8, 4) is 28.8 Å². The number of nitrogens with zero attached hydrogens (tertiary/aromatic N) is 5. The fraction of sp³-hybridized carbons (Fsp3) is 0.423. The second-order valence-corrected chi connectivity index (χ2v) is 19.1. The Morgan fingerprint density at radius 3 is 2.33 bits per heavy atom. The molecule has 1 aromatic carbocycles. The summed E-state index contributed by atoms with van der Waals surface area (Å²) in [5.74, 6) is 2.18. The highest BCUT2D eigenvalue weighted by atomic mass is 32.2. The molecule has 0 aliphatic rings. The second kappa shape index (κ2) is 11.7. The van der Waals surface area contributed by atoms with Gasteiger partial charge >= 0.3 is 0 Å². The van der Waals surface area contributed by atoms with E-state index >= 15 is 0 Å². The van der Waals surface area contributed by atoms with Crippen LogP contribution in [0, 0.1) is 6.92 Å². The first kappa shape index (κ1) is 29.8. The highest BCUT2D eigenvalue weighted by Crippen LogP contribution is 2.40. The summed E-state index contributed by atoms with van der Waals surface area (Å²) in [6.07, 6.45) is -1.34. The number of aryl methyl sites for hydroxylation is 1. The maximum Gasteiger partial charge on any atom is 0.246 e. The summed E-state index contributed by atoms with van der Waals surface area (Å²) in [7, 11) is -2.90. The summed E-state index contributed by atoms with van der Waals surface area (Å²) in [6.45, 7) is 9.91. The van der Waals surface area contributed by atoms with E-state index in [-0.39, 0.29) is 18.3 Å². The number of benzene rings is 1. The maximum absolute atomic E-state index is 14.3. The molecule has 0 aliphatic carbocycles. The van der Waals surface area contributed by atoms with Crippen LogP contribution in [0.5, 0.6) is 11.5 Å². The van der Waals surface area contributed by atoms with Crippen LogP contribution in [0.2, 0.25) is 25.7 Å². The average molecular weight is 606 g/mol. The highest BCUT2D eigenvalue weighted by molar-refractivity contribution is 7.93. The highest BCUT2D eigenvalue weighted by Gasteiger charge is 2.40. The summed E-state index contributed by atoms with van der Waals surface area (Å²) in [4.78, 5) is 4.14.